The van der Waals surface area contributed by atoms with Crippen molar-refractivity contribution in [1.29, 1.82) is 0 Å². The van der Waals surface area contributed by atoms with Gasteiger partial charge in [-0.15, -0.1) is 6.58 Å². The van der Waals surface area contributed by atoms with Crippen molar-refractivity contribution in [3.05, 3.63) is 83.4 Å². The van der Waals surface area contributed by atoms with Crippen molar-refractivity contribution >= 4 is 0 Å². The minimum atomic E-state index is -4.93. The summed E-state index contributed by atoms with van der Waals surface area (Å²) in [7, 11) is 0. The Bertz CT molecular complexity index is 896. The zero-order valence-electron chi connectivity index (χ0n) is 17.3. The van der Waals surface area contributed by atoms with E-state index in [-0.39, 0.29) is 24.3 Å². The quantitative estimate of drug-likeness (QED) is 0.391. The highest BCUT2D eigenvalue weighted by molar-refractivity contribution is 5.33. The summed E-state index contributed by atoms with van der Waals surface area (Å²) in [5.41, 5.74) is -3.52. The van der Waals surface area contributed by atoms with Crippen molar-refractivity contribution in [2.75, 3.05) is 19.7 Å². The fourth-order valence-corrected chi connectivity index (χ4v) is 3.72. The standard InChI is InChI=1S/C23H23F6NO2/c1-3-9-30-13-16(2)31-15-21(30,18-7-5-4-6-8-18)32-14-17-10-19(22(24,25)26)12-20(11-17)23(27,28)29/h3-8,10-12,16H,1,9,13-15H2,2H3/t16-,21-/m1/s1. The number of ether oxygens (including phenoxy) is 2. The summed E-state index contributed by atoms with van der Waals surface area (Å²) in [6, 6.07) is 10.4. The van der Waals surface area contributed by atoms with Gasteiger partial charge in [0.1, 0.15) is 0 Å². The van der Waals surface area contributed by atoms with Gasteiger partial charge in [-0.25, -0.2) is 0 Å². The third-order valence-corrected chi connectivity index (χ3v) is 5.25. The highest BCUT2D eigenvalue weighted by Gasteiger charge is 2.44. The van der Waals surface area contributed by atoms with Crippen LogP contribution in [0.1, 0.15) is 29.2 Å². The number of nitrogens with zero attached hydrogens (tertiary/aromatic N) is 1. The van der Waals surface area contributed by atoms with Crippen molar-refractivity contribution in [2.45, 2.75) is 37.7 Å². The van der Waals surface area contributed by atoms with Gasteiger partial charge in [-0.1, -0.05) is 36.4 Å². The third-order valence-electron chi connectivity index (χ3n) is 5.25. The molecule has 2 aromatic carbocycles. The van der Waals surface area contributed by atoms with Gasteiger partial charge in [0, 0.05) is 18.7 Å². The highest BCUT2D eigenvalue weighted by atomic mass is 19.4. The molecule has 3 nitrogen and oxygen atoms in total. The Labute approximate surface area is 182 Å². The highest BCUT2D eigenvalue weighted by Crippen LogP contribution is 2.39. The molecule has 0 aromatic heterocycles. The molecule has 0 radical (unpaired) electrons. The normalized spacial score (nSPS) is 22.7. The van der Waals surface area contributed by atoms with Crippen LogP contribution >= 0.6 is 0 Å². The Morgan fingerprint density at radius 2 is 1.66 bits per heavy atom. The Kier molecular flexibility index (Phi) is 7.02. The van der Waals surface area contributed by atoms with E-state index < -0.39 is 35.8 Å². The molecule has 0 N–H and O–H groups in total. The third kappa shape index (κ3) is 5.33. The number of rotatable bonds is 6. The molecular formula is C23H23F6NO2. The Morgan fingerprint density at radius 3 is 2.19 bits per heavy atom. The van der Waals surface area contributed by atoms with Crippen molar-refractivity contribution in [3.8, 4) is 0 Å². The van der Waals surface area contributed by atoms with E-state index >= 15 is 0 Å². The van der Waals surface area contributed by atoms with Gasteiger partial charge in [0.2, 0.25) is 0 Å². The first-order valence-electron chi connectivity index (χ1n) is 9.91. The molecule has 1 heterocycles. The van der Waals surface area contributed by atoms with Crippen LogP contribution in [-0.2, 0) is 34.2 Å². The minimum Gasteiger partial charge on any atom is -0.372 e. The Balaban J connectivity index is 2.01. The largest absolute Gasteiger partial charge is 0.416 e. The molecular weight excluding hydrogens is 436 g/mol. The van der Waals surface area contributed by atoms with E-state index in [4.69, 9.17) is 9.47 Å². The van der Waals surface area contributed by atoms with Gasteiger partial charge in [0.15, 0.2) is 5.72 Å². The van der Waals surface area contributed by atoms with Gasteiger partial charge >= 0.3 is 12.4 Å². The number of hydrogen-bond acceptors (Lipinski definition) is 3. The number of halogens is 6. The van der Waals surface area contributed by atoms with Crippen LogP contribution in [-0.4, -0.2) is 30.7 Å². The molecule has 0 unspecified atom stereocenters. The maximum Gasteiger partial charge on any atom is 0.416 e. The topological polar surface area (TPSA) is 21.7 Å². The van der Waals surface area contributed by atoms with Gasteiger partial charge in [-0.2, -0.15) is 26.3 Å². The van der Waals surface area contributed by atoms with E-state index in [9.17, 15) is 26.3 Å². The maximum absolute atomic E-state index is 13.2. The smallest absolute Gasteiger partial charge is 0.372 e. The van der Waals surface area contributed by atoms with Crippen LogP contribution in [0.15, 0.2) is 61.2 Å². The van der Waals surface area contributed by atoms with E-state index in [0.717, 1.165) is 0 Å². The molecule has 0 spiro atoms. The first-order valence-corrected chi connectivity index (χ1v) is 9.91. The second-order valence-electron chi connectivity index (χ2n) is 7.67. The van der Waals surface area contributed by atoms with E-state index in [1.165, 1.54) is 0 Å². The van der Waals surface area contributed by atoms with E-state index in [1.807, 2.05) is 11.8 Å². The van der Waals surface area contributed by atoms with E-state index in [2.05, 4.69) is 6.58 Å². The molecule has 174 valence electrons. The van der Waals surface area contributed by atoms with Crippen LogP contribution in [0.25, 0.3) is 0 Å². The first kappa shape index (κ1) is 24.3. The predicted octanol–water partition coefficient (Wildman–Crippen LogP) is 6.00. The Morgan fingerprint density at radius 1 is 1.06 bits per heavy atom. The summed E-state index contributed by atoms with van der Waals surface area (Å²) in [5.74, 6) is 0. The average Bonchev–Trinajstić information content (AvgIpc) is 2.73. The first-order chi connectivity index (χ1) is 15.0. The molecule has 0 saturated carbocycles. The molecule has 2 aromatic rings. The zero-order valence-corrected chi connectivity index (χ0v) is 17.3. The number of hydrogen-bond donors (Lipinski definition) is 0. The van der Waals surface area contributed by atoms with Crippen molar-refractivity contribution in [3.63, 3.8) is 0 Å². The molecule has 32 heavy (non-hydrogen) atoms. The van der Waals surface area contributed by atoms with Crippen LogP contribution in [0.3, 0.4) is 0 Å². The molecule has 2 atom stereocenters. The lowest BCUT2D eigenvalue weighted by atomic mass is 9.98. The van der Waals surface area contributed by atoms with Gasteiger partial charge in [0.05, 0.1) is 30.4 Å². The average molecular weight is 459 g/mol. The van der Waals surface area contributed by atoms with Gasteiger partial charge in [0.25, 0.3) is 0 Å². The monoisotopic (exact) mass is 459 g/mol. The summed E-state index contributed by atoms with van der Waals surface area (Å²) in [6.07, 6.45) is -8.33. The lowest BCUT2D eigenvalue weighted by Crippen LogP contribution is -2.58. The second-order valence-corrected chi connectivity index (χ2v) is 7.67. The van der Waals surface area contributed by atoms with Crippen molar-refractivity contribution < 1.29 is 35.8 Å². The van der Waals surface area contributed by atoms with Crippen LogP contribution < -0.4 is 0 Å². The summed E-state index contributed by atoms with van der Waals surface area (Å²) in [5, 5.41) is 0. The molecule has 3 rings (SSSR count). The summed E-state index contributed by atoms with van der Waals surface area (Å²) in [6.45, 7) is 6.02. The molecule has 1 saturated heterocycles. The molecule has 1 aliphatic rings. The van der Waals surface area contributed by atoms with Crippen LogP contribution in [0.2, 0.25) is 0 Å². The van der Waals surface area contributed by atoms with E-state index in [0.29, 0.717) is 30.8 Å². The van der Waals surface area contributed by atoms with Gasteiger partial charge in [-0.3, -0.25) is 4.90 Å². The lowest BCUT2D eigenvalue weighted by Gasteiger charge is -2.48. The number of morpholine rings is 1. The fourth-order valence-electron chi connectivity index (χ4n) is 3.72. The Hall–Kier alpha value is -2.36. The van der Waals surface area contributed by atoms with E-state index in [1.54, 1.807) is 36.4 Å². The summed E-state index contributed by atoms with van der Waals surface area (Å²) >= 11 is 0. The molecule has 0 amide bonds. The number of alkyl halides is 6. The molecule has 0 aliphatic carbocycles. The lowest BCUT2D eigenvalue weighted by molar-refractivity contribution is -0.246. The van der Waals surface area contributed by atoms with Gasteiger partial charge < -0.3 is 9.47 Å². The van der Waals surface area contributed by atoms with Gasteiger partial charge in [-0.05, 0) is 30.7 Å². The van der Waals surface area contributed by atoms with Crippen LogP contribution in [0.4, 0.5) is 26.3 Å². The predicted molar refractivity (Wildman–Crippen MR) is 107 cm³/mol. The van der Waals surface area contributed by atoms with Crippen molar-refractivity contribution in [2.24, 2.45) is 0 Å². The maximum atomic E-state index is 13.2. The summed E-state index contributed by atoms with van der Waals surface area (Å²) in [4.78, 5) is 1.92. The fraction of sp³-hybridized carbons (Fsp3) is 0.391. The molecule has 1 fully saturated rings. The zero-order chi connectivity index (χ0) is 23.6. The minimum absolute atomic E-state index is 0.0527. The van der Waals surface area contributed by atoms with Crippen molar-refractivity contribution in [1.82, 2.24) is 4.90 Å². The molecule has 9 heteroatoms. The molecule has 0 bridgehead atoms. The second kappa shape index (κ2) is 9.25. The summed E-state index contributed by atoms with van der Waals surface area (Å²) < 4.78 is 91.3. The van der Waals surface area contributed by atoms with Crippen LogP contribution in [0, 0.1) is 0 Å². The SMILES string of the molecule is C=CCN1C[C@@H](C)OC[C@@]1(OCc1cc(C(F)(F)F)cc(C(F)(F)F)c1)c1ccccc1. The molecule has 1 aliphatic heterocycles. The van der Waals surface area contributed by atoms with Crippen LogP contribution in [0.5, 0.6) is 0 Å². The number of benzene rings is 2.